The summed E-state index contributed by atoms with van der Waals surface area (Å²) < 4.78 is 31.2. The predicted octanol–water partition coefficient (Wildman–Crippen LogP) is 1.45. The summed E-state index contributed by atoms with van der Waals surface area (Å²) in [6, 6.07) is 5.10. The van der Waals surface area contributed by atoms with Gasteiger partial charge < -0.3 is 10.1 Å². The van der Waals surface area contributed by atoms with Gasteiger partial charge in [0.2, 0.25) is 10.0 Å². The molecule has 1 aromatic carbocycles. The van der Waals surface area contributed by atoms with Crippen molar-refractivity contribution in [3.8, 4) is 18.1 Å². The summed E-state index contributed by atoms with van der Waals surface area (Å²) in [6.07, 6.45) is 5.17. The number of sulfonamides is 1. The molecule has 21 heavy (non-hydrogen) atoms. The van der Waals surface area contributed by atoms with Crippen molar-refractivity contribution in [2.24, 2.45) is 0 Å². The Labute approximate surface area is 127 Å². The fourth-order valence-electron chi connectivity index (χ4n) is 1.76. The van der Waals surface area contributed by atoms with Crippen molar-refractivity contribution in [3.63, 3.8) is 0 Å². The van der Waals surface area contributed by atoms with Crippen LogP contribution in [0.4, 0.5) is 0 Å². The van der Waals surface area contributed by atoms with Crippen LogP contribution in [0.1, 0.15) is 19.4 Å². The molecule has 0 aliphatic heterocycles. The van der Waals surface area contributed by atoms with Crippen molar-refractivity contribution in [1.82, 2.24) is 9.62 Å². The van der Waals surface area contributed by atoms with E-state index in [9.17, 15) is 8.42 Å². The molecule has 0 bridgehead atoms. The number of rotatable bonds is 7. The minimum atomic E-state index is -3.58. The zero-order valence-corrected chi connectivity index (χ0v) is 13.7. The second-order valence-corrected chi connectivity index (χ2v) is 7.02. The van der Waals surface area contributed by atoms with Crippen LogP contribution in [0.2, 0.25) is 0 Å². The molecule has 6 heteroatoms. The molecule has 0 fully saturated rings. The largest absolute Gasteiger partial charge is 0.496 e. The Bertz CT molecular complexity index is 618. The molecule has 0 unspecified atom stereocenters. The average molecular weight is 310 g/mol. The van der Waals surface area contributed by atoms with Gasteiger partial charge in [0.05, 0.1) is 18.6 Å². The van der Waals surface area contributed by atoms with Crippen LogP contribution < -0.4 is 10.1 Å². The first-order valence-electron chi connectivity index (χ1n) is 6.63. The Morgan fingerprint density at radius 2 is 2.10 bits per heavy atom. The number of nitrogens with one attached hydrogen (secondary N) is 1. The molecular weight excluding hydrogens is 288 g/mol. The van der Waals surface area contributed by atoms with Gasteiger partial charge in [0, 0.05) is 25.2 Å². The number of terminal acetylenes is 1. The summed E-state index contributed by atoms with van der Waals surface area (Å²) in [6.45, 7) is 4.61. The van der Waals surface area contributed by atoms with Gasteiger partial charge in [-0.05, 0) is 18.2 Å². The smallest absolute Gasteiger partial charge is 0.243 e. The monoisotopic (exact) mass is 310 g/mol. The van der Waals surface area contributed by atoms with Crippen LogP contribution in [0.25, 0.3) is 0 Å². The fraction of sp³-hybridized carbons (Fsp3) is 0.467. The molecule has 1 aromatic rings. The summed E-state index contributed by atoms with van der Waals surface area (Å²) in [5.74, 6) is 2.98. The van der Waals surface area contributed by atoms with E-state index in [4.69, 9.17) is 11.2 Å². The summed E-state index contributed by atoms with van der Waals surface area (Å²) in [4.78, 5) is 0.210. The Balaban J connectivity index is 3.15. The van der Waals surface area contributed by atoms with E-state index in [-0.39, 0.29) is 11.4 Å². The third-order valence-electron chi connectivity index (χ3n) is 2.97. The van der Waals surface area contributed by atoms with Crippen LogP contribution in [0.15, 0.2) is 23.1 Å². The molecule has 0 saturated carbocycles. The van der Waals surface area contributed by atoms with E-state index in [0.717, 1.165) is 9.87 Å². The third kappa shape index (κ3) is 4.46. The van der Waals surface area contributed by atoms with Gasteiger partial charge in [0.1, 0.15) is 5.75 Å². The molecule has 116 valence electrons. The highest BCUT2D eigenvalue weighted by atomic mass is 32.2. The van der Waals surface area contributed by atoms with E-state index in [2.05, 4.69) is 11.2 Å². The summed E-state index contributed by atoms with van der Waals surface area (Å²) in [7, 11) is -0.554. The molecule has 1 rings (SSSR count). The molecule has 0 amide bonds. The van der Waals surface area contributed by atoms with Crippen molar-refractivity contribution in [3.05, 3.63) is 23.8 Å². The molecule has 0 aromatic heterocycles. The molecule has 1 N–H and O–H groups in total. The van der Waals surface area contributed by atoms with Gasteiger partial charge in [-0.25, -0.2) is 8.42 Å². The maximum Gasteiger partial charge on any atom is 0.243 e. The molecule has 5 nitrogen and oxygen atoms in total. The second-order valence-electron chi connectivity index (χ2n) is 4.97. The van der Waals surface area contributed by atoms with Crippen molar-refractivity contribution in [1.29, 1.82) is 0 Å². The van der Waals surface area contributed by atoms with Crippen LogP contribution in [0.5, 0.6) is 5.75 Å². The minimum Gasteiger partial charge on any atom is -0.496 e. The van der Waals surface area contributed by atoms with Crippen LogP contribution in [0.3, 0.4) is 0 Å². The van der Waals surface area contributed by atoms with E-state index < -0.39 is 10.0 Å². The summed E-state index contributed by atoms with van der Waals surface area (Å²) in [5, 5.41) is 3.25. The highest BCUT2D eigenvalue weighted by molar-refractivity contribution is 7.89. The minimum absolute atomic E-state index is 0.0357. The van der Waals surface area contributed by atoms with Gasteiger partial charge in [0.15, 0.2) is 0 Å². The lowest BCUT2D eigenvalue weighted by Gasteiger charge is -2.17. The van der Waals surface area contributed by atoms with Gasteiger partial charge in [-0.15, -0.1) is 6.42 Å². The topological polar surface area (TPSA) is 58.6 Å². The van der Waals surface area contributed by atoms with Crippen LogP contribution in [0, 0.1) is 12.3 Å². The van der Waals surface area contributed by atoms with Crippen LogP contribution in [-0.2, 0) is 16.6 Å². The van der Waals surface area contributed by atoms with Gasteiger partial charge in [0.25, 0.3) is 0 Å². The maximum absolute atomic E-state index is 12.4. The van der Waals surface area contributed by atoms with Crippen molar-refractivity contribution < 1.29 is 13.2 Å². The fourth-order valence-corrected chi connectivity index (χ4v) is 2.90. The molecule has 0 atom stereocenters. The number of ether oxygens (including phenoxy) is 1. The van der Waals surface area contributed by atoms with E-state index in [1.165, 1.54) is 13.1 Å². The summed E-state index contributed by atoms with van der Waals surface area (Å²) >= 11 is 0. The van der Waals surface area contributed by atoms with Crippen LogP contribution >= 0.6 is 0 Å². The second kappa shape index (κ2) is 7.46. The first-order chi connectivity index (χ1) is 9.82. The Kier molecular flexibility index (Phi) is 6.21. The molecular formula is C15H22N2O3S. The zero-order valence-electron chi connectivity index (χ0n) is 12.9. The Morgan fingerprint density at radius 1 is 1.43 bits per heavy atom. The first kappa shape index (κ1) is 17.5. The molecule has 0 spiro atoms. The summed E-state index contributed by atoms with van der Waals surface area (Å²) in [5.41, 5.74) is 0.793. The Morgan fingerprint density at radius 3 is 2.62 bits per heavy atom. The number of nitrogens with zero attached hydrogens (tertiary/aromatic N) is 1. The standard InChI is InChI=1S/C15H22N2O3S/c1-6-9-17(4)21(18,19)14-7-8-15(20-5)13(10-14)11-16-12(2)3/h1,7-8,10,12,16H,9,11H2,2-5H3. The van der Waals surface area contributed by atoms with Gasteiger partial charge in [-0.1, -0.05) is 19.8 Å². The molecule has 0 saturated heterocycles. The quantitative estimate of drug-likeness (QED) is 0.774. The maximum atomic E-state index is 12.4. The van der Waals surface area contributed by atoms with Crippen molar-refractivity contribution in [2.75, 3.05) is 20.7 Å². The first-order valence-corrected chi connectivity index (χ1v) is 8.07. The number of hydrogen-bond acceptors (Lipinski definition) is 4. The van der Waals surface area contributed by atoms with Gasteiger partial charge in [-0.3, -0.25) is 0 Å². The SMILES string of the molecule is C#CCN(C)S(=O)(=O)c1ccc(OC)c(CNC(C)C)c1. The predicted molar refractivity (Wildman–Crippen MR) is 83.6 cm³/mol. The Hall–Kier alpha value is -1.55. The molecule has 0 aliphatic carbocycles. The lowest BCUT2D eigenvalue weighted by Crippen LogP contribution is -2.27. The van der Waals surface area contributed by atoms with E-state index in [1.807, 2.05) is 13.8 Å². The van der Waals surface area contributed by atoms with Crippen molar-refractivity contribution in [2.45, 2.75) is 31.3 Å². The van der Waals surface area contributed by atoms with Crippen molar-refractivity contribution >= 4 is 10.0 Å². The van der Waals surface area contributed by atoms with Gasteiger partial charge >= 0.3 is 0 Å². The van der Waals surface area contributed by atoms with E-state index in [0.29, 0.717) is 18.3 Å². The normalized spacial score (nSPS) is 11.7. The highest BCUT2D eigenvalue weighted by Crippen LogP contribution is 2.24. The van der Waals surface area contributed by atoms with Crippen LogP contribution in [-0.4, -0.2) is 39.5 Å². The lowest BCUT2D eigenvalue weighted by molar-refractivity contribution is 0.405. The van der Waals surface area contributed by atoms with E-state index >= 15 is 0 Å². The number of hydrogen-bond donors (Lipinski definition) is 1. The average Bonchev–Trinajstić information content (AvgIpc) is 2.44. The highest BCUT2D eigenvalue weighted by Gasteiger charge is 2.21. The number of methoxy groups -OCH3 is 1. The van der Waals surface area contributed by atoms with Gasteiger partial charge in [-0.2, -0.15) is 4.31 Å². The lowest BCUT2D eigenvalue weighted by atomic mass is 10.2. The molecule has 0 radical (unpaired) electrons. The van der Waals surface area contributed by atoms with E-state index in [1.54, 1.807) is 19.2 Å². The molecule has 0 aliphatic rings. The zero-order chi connectivity index (χ0) is 16.0. The third-order valence-corrected chi connectivity index (χ3v) is 4.77. The number of benzene rings is 1. The molecule has 0 heterocycles.